The van der Waals surface area contributed by atoms with E-state index >= 15 is 0 Å². The van der Waals surface area contributed by atoms with Crippen LogP contribution < -0.4 is 10.2 Å². The van der Waals surface area contributed by atoms with Crippen LogP contribution in [0, 0.1) is 5.92 Å². The Morgan fingerprint density at radius 3 is 2.43 bits per heavy atom. The Labute approximate surface area is 134 Å². The minimum Gasteiger partial charge on any atom is -0.347 e. The molecule has 0 saturated carbocycles. The van der Waals surface area contributed by atoms with Crippen LogP contribution in [0.5, 0.6) is 0 Å². The van der Waals surface area contributed by atoms with Gasteiger partial charge in [0.25, 0.3) is 0 Å². The van der Waals surface area contributed by atoms with Gasteiger partial charge in [0, 0.05) is 31.1 Å². The maximum Gasteiger partial charge on any atom is 0.185 e. The molecule has 0 aliphatic heterocycles. The number of hydrogen-bond acceptors (Lipinski definition) is 5. The monoisotopic (exact) mass is 312 g/mol. The number of nitrogens with zero attached hydrogens (tertiary/aromatic N) is 3. The van der Waals surface area contributed by atoms with E-state index in [1.165, 1.54) is 15.7 Å². The van der Waals surface area contributed by atoms with Crippen LogP contribution in [-0.2, 0) is 13.0 Å². The topological polar surface area (TPSA) is 31.4 Å². The molecular weight excluding hydrogens is 280 g/mol. The first kappa shape index (κ1) is 18.4. The fraction of sp³-hybridized carbons (Fsp3) is 0.812. The molecule has 21 heavy (non-hydrogen) atoms. The molecule has 1 aromatic heterocycles. The lowest BCUT2D eigenvalue weighted by molar-refractivity contribution is 0.409. The number of hydrogen-bond donors (Lipinski definition) is 1. The van der Waals surface area contributed by atoms with Crippen LogP contribution in [0.1, 0.15) is 38.3 Å². The Kier molecular flexibility index (Phi) is 8.22. The van der Waals surface area contributed by atoms with E-state index in [1.54, 1.807) is 0 Å². The summed E-state index contributed by atoms with van der Waals surface area (Å²) in [6.07, 6.45) is 1.01. The molecule has 0 aromatic carbocycles. The van der Waals surface area contributed by atoms with E-state index in [9.17, 15) is 0 Å². The Bertz CT molecular complexity index is 401. The van der Waals surface area contributed by atoms with Crippen molar-refractivity contribution in [3.63, 3.8) is 0 Å². The van der Waals surface area contributed by atoms with Gasteiger partial charge in [-0.3, -0.25) is 0 Å². The second-order valence-electron chi connectivity index (χ2n) is 6.14. The van der Waals surface area contributed by atoms with Gasteiger partial charge in [0.15, 0.2) is 5.13 Å². The Balaban J connectivity index is 2.86. The van der Waals surface area contributed by atoms with Gasteiger partial charge in [0.2, 0.25) is 0 Å². The number of rotatable bonds is 10. The molecule has 0 radical (unpaired) electrons. The fourth-order valence-electron chi connectivity index (χ4n) is 2.18. The molecule has 0 spiro atoms. The molecule has 1 N–H and O–H groups in total. The van der Waals surface area contributed by atoms with Gasteiger partial charge in [-0.15, -0.1) is 11.3 Å². The molecule has 5 heteroatoms. The average Bonchev–Trinajstić information content (AvgIpc) is 2.83. The summed E-state index contributed by atoms with van der Waals surface area (Å²) in [4.78, 5) is 11.0. The lowest BCUT2D eigenvalue weighted by atomic mass is 10.2. The minimum atomic E-state index is 0.651. The molecule has 0 unspecified atom stereocenters. The highest BCUT2D eigenvalue weighted by Crippen LogP contribution is 2.27. The number of aryl methyl sites for hydroxylation is 1. The summed E-state index contributed by atoms with van der Waals surface area (Å²) in [5.74, 6) is 0.651. The Morgan fingerprint density at radius 1 is 1.19 bits per heavy atom. The smallest absolute Gasteiger partial charge is 0.185 e. The maximum absolute atomic E-state index is 4.90. The molecule has 1 heterocycles. The lowest BCUT2D eigenvalue weighted by Gasteiger charge is -2.25. The maximum atomic E-state index is 4.90. The van der Waals surface area contributed by atoms with E-state index in [4.69, 9.17) is 4.98 Å². The zero-order valence-corrected chi connectivity index (χ0v) is 15.4. The summed E-state index contributed by atoms with van der Waals surface area (Å²) in [5.41, 5.74) is 1.26. The summed E-state index contributed by atoms with van der Waals surface area (Å²) in [6, 6.07) is 0. The van der Waals surface area contributed by atoms with Crippen LogP contribution in [0.2, 0.25) is 0 Å². The number of nitrogens with one attached hydrogen (secondary N) is 1. The van der Waals surface area contributed by atoms with Crippen molar-refractivity contribution in [2.24, 2.45) is 5.92 Å². The molecule has 0 amide bonds. The average molecular weight is 313 g/mol. The molecule has 0 aliphatic rings. The number of aromatic nitrogens is 1. The predicted octanol–water partition coefficient (Wildman–Crippen LogP) is 2.84. The van der Waals surface area contributed by atoms with Gasteiger partial charge >= 0.3 is 0 Å². The van der Waals surface area contributed by atoms with Crippen LogP contribution in [0.4, 0.5) is 5.13 Å². The van der Waals surface area contributed by atoms with Crippen molar-refractivity contribution in [2.45, 2.75) is 40.7 Å². The summed E-state index contributed by atoms with van der Waals surface area (Å²) < 4.78 is 0. The highest BCUT2D eigenvalue weighted by Gasteiger charge is 2.16. The van der Waals surface area contributed by atoms with Crippen LogP contribution in [0.15, 0.2) is 0 Å². The first-order valence-electron chi connectivity index (χ1n) is 8.06. The lowest BCUT2D eigenvalue weighted by Crippen LogP contribution is -2.34. The van der Waals surface area contributed by atoms with Crippen LogP contribution >= 0.6 is 11.3 Å². The largest absolute Gasteiger partial charge is 0.347 e. The van der Waals surface area contributed by atoms with Gasteiger partial charge in [0.05, 0.1) is 5.69 Å². The molecule has 4 nitrogen and oxygen atoms in total. The van der Waals surface area contributed by atoms with E-state index in [-0.39, 0.29) is 0 Å². The van der Waals surface area contributed by atoms with Crippen molar-refractivity contribution < 1.29 is 0 Å². The molecule has 122 valence electrons. The highest BCUT2D eigenvalue weighted by atomic mass is 32.1. The van der Waals surface area contributed by atoms with Gasteiger partial charge < -0.3 is 15.1 Å². The van der Waals surface area contributed by atoms with Crippen LogP contribution in [0.3, 0.4) is 0 Å². The second kappa shape index (κ2) is 9.38. The van der Waals surface area contributed by atoms with Crippen LogP contribution in [-0.4, -0.2) is 50.2 Å². The molecule has 0 saturated heterocycles. The third kappa shape index (κ3) is 6.32. The normalized spacial score (nSPS) is 11.6. The van der Waals surface area contributed by atoms with Gasteiger partial charge in [-0.2, -0.15) is 0 Å². The Morgan fingerprint density at radius 2 is 1.90 bits per heavy atom. The third-order valence-corrected chi connectivity index (χ3v) is 4.47. The van der Waals surface area contributed by atoms with Gasteiger partial charge in [0.1, 0.15) is 0 Å². The van der Waals surface area contributed by atoms with Crippen molar-refractivity contribution in [2.75, 3.05) is 45.2 Å². The van der Waals surface area contributed by atoms with Crippen molar-refractivity contribution in [3.05, 3.63) is 10.6 Å². The molecule has 0 bridgehead atoms. The Hall–Kier alpha value is -0.650. The predicted molar refractivity (Wildman–Crippen MR) is 94.5 cm³/mol. The van der Waals surface area contributed by atoms with Crippen LogP contribution in [0.25, 0.3) is 0 Å². The fourth-order valence-corrected chi connectivity index (χ4v) is 3.34. The van der Waals surface area contributed by atoms with Gasteiger partial charge in [-0.05, 0) is 33.0 Å². The molecule has 0 aliphatic carbocycles. The molecular formula is C16H32N4S. The summed E-state index contributed by atoms with van der Waals surface area (Å²) in [6.45, 7) is 14.0. The van der Waals surface area contributed by atoms with E-state index < -0.39 is 0 Å². The molecule has 0 atom stereocenters. The van der Waals surface area contributed by atoms with E-state index in [2.05, 4.69) is 56.9 Å². The number of anilines is 1. The van der Waals surface area contributed by atoms with E-state index in [0.29, 0.717) is 5.92 Å². The van der Waals surface area contributed by atoms with Crippen molar-refractivity contribution in [1.82, 2.24) is 15.2 Å². The van der Waals surface area contributed by atoms with Gasteiger partial charge in [-0.1, -0.05) is 27.7 Å². The molecule has 1 aromatic rings. The van der Waals surface area contributed by atoms with Gasteiger partial charge in [-0.25, -0.2) is 4.98 Å². The second-order valence-corrected chi connectivity index (χ2v) is 7.21. The highest BCUT2D eigenvalue weighted by molar-refractivity contribution is 7.15. The van der Waals surface area contributed by atoms with E-state index in [0.717, 1.165) is 39.1 Å². The summed E-state index contributed by atoms with van der Waals surface area (Å²) in [7, 11) is 4.26. The summed E-state index contributed by atoms with van der Waals surface area (Å²) >= 11 is 1.86. The quantitative estimate of drug-likeness (QED) is 0.720. The summed E-state index contributed by atoms with van der Waals surface area (Å²) in [5, 5.41) is 4.62. The number of likely N-dealkylation sites (N-methyl/N-ethyl adjacent to an activating group) is 1. The first-order valence-corrected chi connectivity index (χ1v) is 8.88. The third-order valence-electron chi connectivity index (χ3n) is 3.31. The SMILES string of the molecule is CCNCc1sc(N(CCN(C)C)CC(C)C)nc1CC. The molecule has 1 rings (SSSR count). The van der Waals surface area contributed by atoms with E-state index in [1.807, 2.05) is 11.3 Å². The first-order chi connectivity index (χ1) is 9.97. The molecule has 0 fully saturated rings. The zero-order chi connectivity index (χ0) is 15.8. The van der Waals surface area contributed by atoms with Crippen molar-refractivity contribution in [1.29, 1.82) is 0 Å². The number of thiazole rings is 1. The van der Waals surface area contributed by atoms with Crippen molar-refractivity contribution in [3.8, 4) is 0 Å². The zero-order valence-electron chi connectivity index (χ0n) is 14.6. The standard InChI is InChI=1S/C16H32N4S/c1-7-14-15(11-17-8-2)21-16(18-14)20(12-13(3)4)10-9-19(5)6/h13,17H,7-12H2,1-6H3. The minimum absolute atomic E-state index is 0.651. The van der Waals surface area contributed by atoms with Crippen molar-refractivity contribution >= 4 is 16.5 Å².